The van der Waals surface area contributed by atoms with Gasteiger partial charge in [-0.3, -0.25) is 9.97 Å². The minimum Gasteiger partial charge on any atom is -0.493 e. The number of rotatable bonds is 5. The monoisotopic (exact) mass is 344 g/mol. The summed E-state index contributed by atoms with van der Waals surface area (Å²) in [5, 5.41) is 12.6. The van der Waals surface area contributed by atoms with Gasteiger partial charge in [-0.15, -0.1) is 15.0 Å². The van der Waals surface area contributed by atoms with Crippen LogP contribution in [0.2, 0.25) is 0 Å². The smallest absolute Gasteiger partial charge is 0.223 e. The van der Waals surface area contributed by atoms with Crippen molar-refractivity contribution >= 4 is 0 Å². The molecule has 3 aromatic heterocycles. The van der Waals surface area contributed by atoms with Gasteiger partial charge in [0.1, 0.15) is 17.1 Å². The lowest BCUT2D eigenvalue weighted by Crippen LogP contribution is -2.01. The van der Waals surface area contributed by atoms with Gasteiger partial charge in [-0.05, 0) is 36.4 Å². The summed E-state index contributed by atoms with van der Waals surface area (Å²) in [6.07, 6.45) is 5.18. The number of pyridine rings is 2. The minimum atomic E-state index is 0.464. The molecule has 0 bridgehead atoms. The Labute approximate surface area is 150 Å². The van der Waals surface area contributed by atoms with Crippen LogP contribution in [0.1, 0.15) is 6.92 Å². The summed E-state index contributed by atoms with van der Waals surface area (Å²) in [5.41, 5.74) is 3.27. The number of ether oxygens (including phenoxy) is 1. The summed E-state index contributed by atoms with van der Waals surface area (Å²) in [7, 11) is 0. The fourth-order valence-electron chi connectivity index (χ4n) is 2.59. The normalized spacial score (nSPS) is 10.7. The van der Waals surface area contributed by atoms with Crippen molar-refractivity contribution in [1.82, 2.24) is 30.2 Å². The Hall–Kier alpha value is -3.61. The molecule has 0 amide bonds. The van der Waals surface area contributed by atoms with Crippen molar-refractivity contribution in [3.8, 4) is 34.1 Å². The zero-order valence-corrected chi connectivity index (χ0v) is 14.1. The molecule has 0 spiro atoms. The van der Waals surface area contributed by atoms with E-state index in [1.165, 1.54) is 4.80 Å². The van der Waals surface area contributed by atoms with Crippen molar-refractivity contribution in [3.05, 3.63) is 67.1 Å². The van der Waals surface area contributed by atoms with Crippen molar-refractivity contribution < 1.29 is 4.74 Å². The molecule has 3 heterocycles. The summed E-state index contributed by atoms with van der Waals surface area (Å²) >= 11 is 0. The number of para-hydroxylation sites is 1. The maximum absolute atomic E-state index is 5.71. The number of nitrogens with zero attached hydrogens (tertiary/aromatic N) is 6. The van der Waals surface area contributed by atoms with E-state index in [0.717, 1.165) is 16.9 Å². The van der Waals surface area contributed by atoms with Crippen LogP contribution in [0.4, 0.5) is 0 Å². The van der Waals surface area contributed by atoms with Crippen molar-refractivity contribution in [3.63, 3.8) is 0 Å². The Balaban J connectivity index is 1.70. The van der Waals surface area contributed by atoms with E-state index in [2.05, 4.69) is 25.4 Å². The molecule has 7 nitrogen and oxygen atoms in total. The summed E-state index contributed by atoms with van der Waals surface area (Å²) < 4.78 is 5.71. The van der Waals surface area contributed by atoms with E-state index in [0.29, 0.717) is 23.8 Å². The molecule has 0 saturated heterocycles. The lowest BCUT2D eigenvalue weighted by molar-refractivity contribution is 0.341. The van der Waals surface area contributed by atoms with E-state index in [9.17, 15) is 0 Å². The van der Waals surface area contributed by atoms with Crippen molar-refractivity contribution in [2.75, 3.05) is 6.61 Å². The molecular weight excluding hydrogens is 328 g/mol. The molecule has 0 fully saturated rings. The predicted molar refractivity (Wildman–Crippen MR) is 96.8 cm³/mol. The number of hydrogen-bond acceptors (Lipinski definition) is 6. The van der Waals surface area contributed by atoms with Crippen molar-refractivity contribution in [2.45, 2.75) is 6.92 Å². The molecule has 0 aliphatic carbocycles. The third-order valence-corrected chi connectivity index (χ3v) is 3.76. The Morgan fingerprint density at radius 3 is 2.77 bits per heavy atom. The lowest BCUT2D eigenvalue weighted by Gasteiger charge is -2.10. The van der Waals surface area contributed by atoms with E-state index in [1.54, 1.807) is 18.6 Å². The maximum Gasteiger partial charge on any atom is 0.223 e. The molecule has 4 rings (SSSR count). The third kappa shape index (κ3) is 3.14. The van der Waals surface area contributed by atoms with Gasteiger partial charge in [0.2, 0.25) is 5.82 Å². The van der Waals surface area contributed by atoms with E-state index in [1.807, 2.05) is 55.5 Å². The predicted octanol–water partition coefficient (Wildman–Crippen LogP) is 3.19. The Morgan fingerprint density at radius 2 is 1.92 bits per heavy atom. The molecule has 0 aliphatic rings. The summed E-state index contributed by atoms with van der Waals surface area (Å²) in [6, 6.07) is 15.4. The molecule has 4 aromatic rings. The van der Waals surface area contributed by atoms with E-state index >= 15 is 0 Å². The van der Waals surface area contributed by atoms with Crippen LogP contribution >= 0.6 is 0 Å². The number of benzene rings is 1. The topological polar surface area (TPSA) is 78.6 Å². The van der Waals surface area contributed by atoms with Gasteiger partial charge >= 0.3 is 0 Å². The fourth-order valence-corrected chi connectivity index (χ4v) is 2.59. The van der Waals surface area contributed by atoms with Crippen molar-refractivity contribution in [1.29, 1.82) is 0 Å². The van der Waals surface area contributed by atoms with Crippen LogP contribution in [-0.2, 0) is 0 Å². The molecule has 128 valence electrons. The van der Waals surface area contributed by atoms with Crippen LogP contribution in [0.3, 0.4) is 0 Å². The zero-order valence-electron chi connectivity index (χ0n) is 14.1. The fraction of sp³-hybridized carbons (Fsp3) is 0.105. The van der Waals surface area contributed by atoms with E-state index in [4.69, 9.17) is 4.74 Å². The first-order valence-corrected chi connectivity index (χ1v) is 8.24. The van der Waals surface area contributed by atoms with E-state index in [-0.39, 0.29) is 0 Å². The first-order valence-electron chi connectivity index (χ1n) is 8.24. The molecule has 26 heavy (non-hydrogen) atoms. The molecule has 0 unspecified atom stereocenters. The maximum atomic E-state index is 5.71. The summed E-state index contributed by atoms with van der Waals surface area (Å²) in [4.78, 5) is 10.0. The highest BCUT2D eigenvalue weighted by molar-refractivity contribution is 5.71. The number of tetrazole rings is 1. The largest absolute Gasteiger partial charge is 0.493 e. The quantitative estimate of drug-likeness (QED) is 0.553. The van der Waals surface area contributed by atoms with Crippen LogP contribution in [0.5, 0.6) is 5.75 Å². The van der Waals surface area contributed by atoms with Crippen LogP contribution in [0.25, 0.3) is 28.3 Å². The molecule has 0 saturated carbocycles. The van der Waals surface area contributed by atoms with Crippen LogP contribution in [0, 0.1) is 0 Å². The van der Waals surface area contributed by atoms with Gasteiger partial charge in [-0.25, -0.2) is 0 Å². The van der Waals surface area contributed by atoms with E-state index < -0.39 is 0 Å². The second-order valence-electron chi connectivity index (χ2n) is 5.48. The molecule has 7 heteroatoms. The van der Waals surface area contributed by atoms with Gasteiger partial charge in [0, 0.05) is 23.5 Å². The second kappa shape index (κ2) is 7.10. The highest BCUT2D eigenvalue weighted by Gasteiger charge is 2.11. The highest BCUT2D eigenvalue weighted by Crippen LogP contribution is 2.30. The summed E-state index contributed by atoms with van der Waals surface area (Å²) in [6.45, 7) is 2.56. The van der Waals surface area contributed by atoms with Gasteiger partial charge in [0.05, 0.1) is 12.8 Å². The van der Waals surface area contributed by atoms with Gasteiger partial charge < -0.3 is 4.74 Å². The molecule has 1 aromatic carbocycles. The Kier molecular flexibility index (Phi) is 4.34. The highest BCUT2D eigenvalue weighted by atomic mass is 16.5. The average molecular weight is 344 g/mol. The first-order chi connectivity index (χ1) is 12.8. The molecule has 0 atom stereocenters. The number of aromatic nitrogens is 6. The zero-order chi connectivity index (χ0) is 17.8. The van der Waals surface area contributed by atoms with Crippen molar-refractivity contribution in [2.24, 2.45) is 0 Å². The van der Waals surface area contributed by atoms with Crippen LogP contribution < -0.4 is 4.74 Å². The lowest BCUT2D eigenvalue weighted by atomic mass is 10.1. The van der Waals surface area contributed by atoms with Crippen LogP contribution in [0.15, 0.2) is 67.1 Å². The van der Waals surface area contributed by atoms with Gasteiger partial charge in [-0.1, -0.05) is 24.3 Å². The third-order valence-electron chi connectivity index (χ3n) is 3.76. The number of hydrogen-bond donors (Lipinski definition) is 0. The molecule has 0 N–H and O–H groups in total. The SMILES string of the molecule is CCOc1ccccc1-c1cncc(-n2nnc(-c3ccccn3)n2)c1. The molecule has 0 radical (unpaired) electrons. The van der Waals surface area contributed by atoms with Gasteiger partial charge in [0.25, 0.3) is 0 Å². The minimum absolute atomic E-state index is 0.464. The summed E-state index contributed by atoms with van der Waals surface area (Å²) in [5.74, 6) is 1.28. The Morgan fingerprint density at radius 1 is 1.04 bits per heavy atom. The van der Waals surface area contributed by atoms with Gasteiger partial charge in [-0.2, -0.15) is 0 Å². The van der Waals surface area contributed by atoms with Gasteiger partial charge in [0.15, 0.2) is 0 Å². The Bertz CT molecular complexity index is 1020. The van der Waals surface area contributed by atoms with Crippen LogP contribution in [-0.4, -0.2) is 36.8 Å². The molecule has 0 aliphatic heterocycles. The average Bonchev–Trinajstić information content (AvgIpc) is 3.20. The second-order valence-corrected chi connectivity index (χ2v) is 5.48. The molecular formula is C19H16N6O. The first kappa shape index (κ1) is 15.9. The standard InChI is InChI=1S/C19H16N6O/c1-2-26-18-9-4-3-7-16(18)14-11-15(13-20-12-14)25-23-19(22-24-25)17-8-5-6-10-21-17/h3-13H,2H2,1H3.